The van der Waals surface area contributed by atoms with E-state index in [1.54, 1.807) is 49.4 Å². The van der Waals surface area contributed by atoms with Crippen LogP contribution in [0, 0.1) is 18.3 Å². The lowest BCUT2D eigenvalue weighted by Crippen LogP contribution is -2.17. The fraction of sp³-hybridized carbons (Fsp3) is 0.500. The minimum atomic E-state index is -3.98. The van der Waals surface area contributed by atoms with Gasteiger partial charge in [0, 0.05) is 37.5 Å². The molecule has 2 aromatic rings. The number of carboxylic acids is 1. The molecule has 0 fully saturated rings. The van der Waals surface area contributed by atoms with Crippen molar-refractivity contribution in [2.24, 2.45) is 5.92 Å². The van der Waals surface area contributed by atoms with Gasteiger partial charge in [-0.05, 0) is 43.5 Å². The lowest BCUT2D eigenvalue weighted by atomic mass is 9.89. The maximum absolute atomic E-state index is 11.3. The van der Waals surface area contributed by atoms with Crippen LogP contribution < -0.4 is 4.74 Å². The molecule has 1 aromatic heterocycles. The van der Waals surface area contributed by atoms with E-state index in [4.69, 9.17) is 20.4 Å². The van der Waals surface area contributed by atoms with Crippen LogP contribution in [0.2, 0.25) is 0 Å². The zero-order chi connectivity index (χ0) is 28.6. The molecule has 0 amide bonds. The monoisotopic (exact) mass is 564 g/mol. The number of aliphatic hydroxyl groups is 1. The Labute approximate surface area is 225 Å². The second kappa shape index (κ2) is 17.9. The highest BCUT2D eigenvalue weighted by atomic mass is 35.5. The number of aromatic nitrogens is 1. The van der Waals surface area contributed by atoms with Gasteiger partial charge in [0.15, 0.2) is 0 Å². The van der Waals surface area contributed by atoms with Gasteiger partial charge in [-0.2, -0.15) is 13.2 Å². The van der Waals surface area contributed by atoms with Gasteiger partial charge in [-0.15, -0.1) is 22.9 Å². The molecule has 1 heterocycles. The molecule has 1 aromatic carbocycles. The highest BCUT2D eigenvalue weighted by Crippen LogP contribution is 2.27. The molecule has 3 N–H and O–H groups in total. The molecule has 11 heteroatoms. The number of carboxylic acid groups (broad SMARTS) is 1. The third-order valence-corrected chi connectivity index (χ3v) is 5.79. The number of aryl methyl sites for hydroxylation is 1. The van der Waals surface area contributed by atoms with Crippen LogP contribution in [0.15, 0.2) is 30.3 Å². The summed E-state index contributed by atoms with van der Waals surface area (Å²) >= 11 is 6.23. The molecular weight excluding hydrogens is 529 g/mol. The molecule has 0 spiro atoms. The van der Waals surface area contributed by atoms with Gasteiger partial charge in [0.1, 0.15) is 17.4 Å². The highest BCUT2D eigenvalue weighted by Gasteiger charge is 2.27. The maximum atomic E-state index is 11.3. The topological polar surface area (TPSA) is 104 Å². The zero-order valence-corrected chi connectivity index (χ0v) is 23.3. The SMILES string of the molecule is C/C=C/c1nc(C)c(COc2ccc(C(CC(=O)O)C(=N)CCO)cc2)s1.CC(C)CC(F)(F)F.CCl. The Bertz CT molecular complexity index is 977. The van der Waals surface area contributed by atoms with E-state index in [0.29, 0.717) is 12.4 Å². The number of halogens is 4. The molecule has 1 unspecified atom stereocenters. The van der Waals surface area contributed by atoms with Crippen molar-refractivity contribution in [3.63, 3.8) is 0 Å². The standard InChI is InChI=1S/C20H24N2O4S.C5H9F3.CH3Cl/c1-3-4-19-22-13(2)18(27-19)12-26-15-7-5-14(6-8-15)16(11-20(24)25)17(21)9-10-23;1-4(2)3-5(6,7)8;1-2/h3-8,16,21,23H,9-12H2,1-2H3,(H,24,25);4H,3H2,1-2H3;1H3/b4-3+,21-17?;;. The first kappa shape index (κ1) is 34.6. The number of rotatable bonds is 11. The van der Waals surface area contributed by atoms with E-state index in [9.17, 15) is 18.0 Å². The van der Waals surface area contributed by atoms with Gasteiger partial charge in [-0.1, -0.05) is 32.1 Å². The molecule has 2 rings (SSSR count). The number of allylic oxidation sites excluding steroid dienone is 1. The van der Waals surface area contributed by atoms with Gasteiger partial charge in [0.2, 0.25) is 0 Å². The number of aliphatic carboxylic acids is 1. The quantitative estimate of drug-likeness (QED) is 0.194. The van der Waals surface area contributed by atoms with Gasteiger partial charge >= 0.3 is 12.1 Å². The van der Waals surface area contributed by atoms with Gasteiger partial charge in [0.25, 0.3) is 0 Å². The summed E-state index contributed by atoms with van der Waals surface area (Å²) in [7, 11) is 0. The Morgan fingerprint density at radius 1 is 1.24 bits per heavy atom. The van der Waals surface area contributed by atoms with Crippen molar-refractivity contribution in [3.8, 4) is 5.75 Å². The second-order valence-electron chi connectivity index (χ2n) is 8.28. The summed E-state index contributed by atoms with van der Waals surface area (Å²) in [4.78, 5) is 16.6. The fourth-order valence-electron chi connectivity index (χ4n) is 3.12. The van der Waals surface area contributed by atoms with Crippen LogP contribution in [0.25, 0.3) is 6.08 Å². The molecule has 0 aliphatic rings. The molecule has 0 aliphatic carbocycles. The number of thiazole rings is 1. The summed E-state index contributed by atoms with van der Waals surface area (Å²) < 4.78 is 39.7. The summed E-state index contributed by atoms with van der Waals surface area (Å²) in [6, 6.07) is 7.11. The van der Waals surface area contributed by atoms with Crippen LogP contribution in [0.5, 0.6) is 5.75 Å². The number of benzene rings is 1. The minimum absolute atomic E-state index is 0.162. The number of hydrogen-bond donors (Lipinski definition) is 3. The normalized spacial score (nSPS) is 11.9. The molecule has 208 valence electrons. The van der Waals surface area contributed by atoms with Crippen LogP contribution in [-0.4, -0.2) is 46.0 Å². The number of alkyl halides is 4. The molecule has 37 heavy (non-hydrogen) atoms. The van der Waals surface area contributed by atoms with Gasteiger partial charge < -0.3 is 20.4 Å². The molecule has 1 atom stereocenters. The lowest BCUT2D eigenvalue weighted by Gasteiger charge is -2.17. The number of ether oxygens (including phenoxy) is 1. The van der Waals surface area contributed by atoms with Gasteiger partial charge in [-0.3, -0.25) is 4.79 Å². The van der Waals surface area contributed by atoms with Crippen molar-refractivity contribution in [2.75, 3.05) is 13.0 Å². The van der Waals surface area contributed by atoms with Crippen LogP contribution in [-0.2, 0) is 11.4 Å². The van der Waals surface area contributed by atoms with Crippen LogP contribution in [0.3, 0.4) is 0 Å². The summed E-state index contributed by atoms with van der Waals surface area (Å²) in [5, 5.41) is 27.1. The molecule has 0 radical (unpaired) electrons. The largest absolute Gasteiger partial charge is 0.488 e. The Hall–Kier alpha value is -2.43. The van der Waals surface area contributed by atoms with E-state index >= 15 is 0 Å². The average Bonchev–Trinajstić information content (AvgIpc) is 3.16. The first-order valence-corrected chi connectivity index (χ1v) is 13.1. The molecule has 0 saturated carbocycles. The number of carbonyl (C=O) groups is 1. The predicted octanol–water partition coefficient (Wildman–Crippen LogP) is 7.47. The third kappa shape index (κ3) is 14.8. The Morgan fingerprint density at radius 2 is 1.84 bits per heavy atom. The minimum Gasteiger partial charge on any atom is -0.488 e. The second-order valence-corrected chi connectivity index (χ2v) is 9.40. The van der Waals surface area contributed by atoms with E-state index in [0.717, 1.165) is 21.1 Å². The summed E-state index contributed by atoms with van der Waals surface area (Å²) in [5.41, 5.74) is 1.89. The molecule has 0 aliphatic heterocycles. The maximum Gasteiger partial charge on any atom is 0.389 e. The highest BCUT2D eigenvalue weighted by molar-refractivity contribution is 7.12. The summed E-state index contributed by atoms with van der Waals surface area (Å²) in [6.07, 6.45) is 0.715. The van der Waals surface area contributed by atoms with Crippen molar-refractivity contribution in [3.05, 3.63) is 51.5 Å². The van der Waals surface area contributed by atoms with E-state index in [1.165, 1.54) is 6.38 Å². The summed E-state index contributed by atoms with van der Waals surface area (Å²) in [5.74, 6) is -1.13. The molecular formula is C26H36ClF3N2O4S. The van der Waals surface area contributed by atoms with E-state index in [1.807, 2.05) is 26.0 Å². The lowest BCUT2D eigenvalue weighted by molar-refractivity contribution is -0.142. The van der Waals surface area contributed by atoms with Crippen molar-refractivity contribution in [1.82, 2.24) is 4.98 Å². The fourth-order valence-corrected chi connectivity index (χ4v) is 4.07. The van der Waals surface area contributed by atoms with Crippen LogP contribution in [0.4, 0.5) is 13.2 Å². The molecule has 0 saturated heterocycles. The molecule has 0 bridgehead atoms. The molecule has 6 nitrogen and oxygen atoms in total. The number of hydrogen-bond acceptors (Lipinski definition) is 6. The Balaban J connectivity index is 0.00000111. The zero-order valence-electron chi connectivity index (χ0n) is 21.7. The van der Waals surface area contributed by atoms with E-state index in [-0.39, 0.29) is 31.1 Å². The van der Waals surface area contributed by atoms with E-state index < -0.39 is 24.5 Å². The summed E-state index contributed by atoms with van der Waals surface area (Å²) in [6.45, 7) is 7.25. The van der Waals surface area contributed by atoms with Crippen molar-refractivity contribution >= 4 is 40.7 Å². The number of nitrogens with zero attached hydrogens (tertiary/aromatic N) is 1. The van der Waals surface area contributed by atoms with Crippen LogP contribution in [0.1, 0.15) is 67.1 Å². The van der Waals surface area contributed by atoms with Crippen LogP contribution >= 0.6 is 22.9 Å². The Morgan fingerprint density at radius 3 is 2.27 bits per heavy atom. The predicted molar refractivity (Wildman–Crippen MR) is 144 cm³/mol. The van der Waals surface area contributed by atoms with E-state index in [2.05, 4.69) is 16.6 Å². The van der Waals surface area contributed by atoms with Crippen molar-refractivity contribution in [2.45, 2.75) is 65.7 Å². The first-order chi connectivity index (χ1) is 17.4. The van der Waals surface area contributed by atoms with Crippen molar-refractivity contribution in [1.29, 1.82) is 5.41 Å². The van der Waals surface area contributed by atoms with Gasteiger partial charge in [-0.25, -0.2) is 4.98 Å². The number of nitrogens with one attached hydrogen (secondary N) is 1. The average molecular weight is 565 g/mol. The number of aliphatic hydroxyl groups excluding tert-OH is 1. The smallest absolute Gasteiger partial charge is 0.389 e. The Kier molecular flexibility index (Phi) is 16.7. The van der Waals surface area contributed by atoms with Crippen molar-refractivity contribution < 1.29 is 32.9 Å². The first-order valence-electron chi connectivity index (χ1n) is 11.5. The third-order valence-electron chi connectivity index (χ3n) is 4.69. The van der Waals surface area contributed by atoms with Gasteiger partial charge in [0.05, 0.1) is 17.0 Å².